The molecule has 94 valence electrons. The third-order valence-electron chi connectivity index (χ3n) is 3.12. The van der Waals surface area contributed by atoms with Gasteiger partial charge in [0.15, 0.2) is 0 Å². The van der Waals surface area contributed by atoms with Crippen molar-refractivity contribution in [2.24, 2.45) is 0 Å². The van der Waals surface area contributed by atoms with E-state index in [2.05, 4.69) is 10.3 Å². The molecule has 0 saturated carbocycles. The fourth-order valence-electron chi connectivity index (χ4n) is 2.17. The summed E-state index contributed by atoms with van der Waals surface area (Å²) in [4.78, 5) is 15.3. The van der Waals surface area contributed by atoms with Gasteiger partial charge in [-0.1, -0.05) is 29.8 Å². The predicted octanol–water partition coefficient (Wildman–Crippen LogP) is 3.73. The van der Waals surface area contributed by atoms with Crippen molar-refractivity contribution < 1.29 is 4.79 Å². The summed E-state index contributed by atoms with van der Waals surface area (Å²) in [7, 11) is 0. The van der Waals surface area contributed by atoms with Gasteiger partial charge in [0.1, 0.15) is 0 Å². The van der Waals surface area contributed by atoms with Crippen LogP contribution in [-0.4, -0.2) is 10.9 Å². The average molecular weight is 250 g/mol. The van der Waals surface area contributed by atoms with E-state index in [1.54, 1.807) is 0 Å². The highest BCUT2D eigenvalue weighted by Gasteiger charge is 2.08. The van der Waals surface area contributed by atoms with E-state index in [1.807, 2.05) is 61.7 Å². The number of carbonyl (C=O) groups is 1. The van der Waals surface area contributed by atoms with Crippen molar-refractivity contribution in [3.05, 3.63) is 65.9 Å². The monoisotopic (exact) mass is 250 g/mol. The minimum absolute atomic E-state index is 0.0919. The van der Waals surface area contributed by atoms with Crippen molar-refractivity contribution in [3.8, 4) is 0 Å². The number of fused-ring (bicyclic) bond motifs is 1. The van der Waals surface area contributed by atoms with E-state index in [4.69, 9.17) is 0 Å². The molecule has 0 unspecified atom stereocenters. The van der Waals surface area contributed by atoms with Gasteiger partial charge < -0.3 is 10.3 Å². The molecule has 1 heterocycles. The lowest BCUT2D eigenvalue weighted by Crippen LogP contribution is -2.12. The number of aromatic amines is 1. The fourth-order valence-corrected chi connectivity index (χ4v) is 2.17. The molecule has 0 radical (unpaired) electrons. The van der Waals surface area contributed by atoms with Gasteiger partial charge in [0.25, 0.3) is 5.91 Å². The number of hydrogen-bond donors (Lipinski definition) is 2. The first-order valence-electron chi connectivity index (χ1n) is 6.18. The Kier molecular flexibility index (Phi) is 2.80. The van der Waals surface area contributed by atoms with Crippen molar-refractivity contribution in [2.75, 3.05) is 5.32 Å². The molecule has 0 aliphatic rings. The van der Waals surface area contributed by atoms with Crippen LogP contribution in [0.1, 0.15) is 15.9 Å². The number of carbonyl (C=O) groups excluding carboxylic acids is 1. The molecular weight excluding hydrogens is 236 g/mol. The van der Waals surface area contributed by atoms with Gasteiger partial charge in [0, 0.05) is 17.1 Å². The highest BCUT2D eigenvalue weighted by molar-refractivity contribution is 6.08. The van der Waals surface area contributed by atoms with E-state index < -0.39 is 0 Å². The second kappa shape index (κ2) is 4.61. The minimum atomic E-state index is -0.0919. The molecule has 0 saturated heterocycles. The van der Waals surface area contributed by atoms with Crippen molar-refractivity contribution in [1.29, 1.82) is 0 Å². The van der Waals surface area contributed by atoms with Gasteiger partial charge in [-0.25, -0.2) is 0 Å². The molecule has 3 heteroatoms. The van der Waals surface area contributed by atoms with Gasteiger partial charge in [-0.3, -0.25) is 4.79 Å². The predicted molar refractivity (Wildman–Crippen MR) is 77.4 cm³/mol. The van der Waals surface area contributed by atoms with Crippen molar-refractivity contribution in [2.45, 2.75) is 6.92 Å². The maximum atomic E-state index is 12.2. The standard InChI is InChI=1S/C16H14N2O/c1-11-4-2-6-13(10-11)16(19)18-14-7-3-5-12-8-9-17-15(12)14/h2-10,17H,1H3,(H,18,19). The number of para-hydroxylation sites is 1. The molecule has 0 atom stereocenters. The van der Waals surface area contributed by atoms with Crippen LogP contribution < -0.4 is 5.32 Å². The van der Waals surface area contributed by atoms with Crippen LogP contribution in [0.15, 0.2) is 54.7 Å². The molecule has 0 aliphatic heterocycles. The molecule has 2 N–H and O–H groups in total. The van der Waals surface area contributed by atoms with Crippen LogP contribution in [0.4, 0.5) is 5.69 Å². The zero-order valence-corrected chi connectivity index (χ0v) is 10.6. The van der Waals surface area contributed by atoms with Crippen LogP contribution in [-0.2, 0) is 0 Å². The second-order valence-electron chi connectivity index (χ2n) is 4.57. The summed E-state index contributed by atoms with van der Waals surface area (Å²) < 4.78 is 0. The summed E-state index contributed by atoms with van der Waals surface area (Å²) in [6.45, 7) is 1.97. The van der Waals surface area contributed by atoms with E-state index in [-0.39, 0.29) is 5.91 Å². The molecule has 0 fully saturated rings. The molecule has 0 aliphatic carbocycles. The number of anilines is 1. The first-order chi connectivity index (χ1) is 9.24. The van der Waals surface area contributed by atoms with Crippen molar-refractivity contribution in [3.63, 3.8) is 0 Å². The van der Waals surface area contributed by atoms with Crippen molar-refractivity contribution in [1.82, 2.24) is 4.98 Å². The van der Waals surface area contributed by atoms with Crippen LogP contribution in [0.25, 0.3) is 10.9 Å². The molecule has 19 heavy (non-hydrogen) atoms. The lowest BCUT2D eigenvalue weighted by molar-refractivity contribution is 0.102. The summed E-state index contributed by atoms with van der Waals surface area (Å²) in [6.07, 6.45) is 1.87. The van der Waals surface area contributed by atoms with Crippen LogP contribution >= 0.6 is 0 Å². The van der Waals surface area contributed by atoms with Crippen LogP contribution in [0.2, 0.25) is 0 Å². The Bertz CT molecular complexity index is 743. The Morgan fingerprint density at radius 3 is 2.79 bits per heavy atom. The lowest BCUT2D eigenvalue weighted by atomic mass is 10.1. The van der Waals surface area contributed by atoms with E-state index in [9.17, 15) is 4.79 Å². The van der Waals surface area contributed by atoms with Crippen molar-refractivity contribution >= 4 is 22.5 Å². The number of aromatic nitrogens is 1. The van der Waals surface area contributed by atoms with E-state index >= 15 is 0 Å². The highest BCUT2D eigenvalue weighted by atomic mass is 16.1. The Balaban J connectivity index is 1.93. The Hall–Kier alpha value is -2.55. The van der Waals surface area contributed by atoms with Crippen LogP contribution in [0.3, 0.4) is 0 Å². The van der Waals surface area contributed by atoms with Gasteiger partial charge in [0.05, 0.1) is 11.2 Å². The lowest BCUT2D eigenvalue weighted by Gasteiger charge is -2.07. The Morgan fingerprint density at radius 1 is 1.11 bits per heavy atom. The summed E-state index contributed by atoms with van der Waals surface area (Å²) in [6, 6.07) is 15.4. The number of hydrogen-bond acceptors (Lipinski definition) is 1. The smallest absolute Gasteiger partial charge is 0.255 e. The van der Waals surface area contributed by atoms with Gasteiger partial charge >= 0.3 is 0 Å². The summed E-state index contributed by atoms with van der Waals surface area (Å²) in [5.74, 6) is -0.0919. The molecule has 3 aromatic rings. The SMILES string of the molecule is Cc1cccc(C(=O)Nc2cccc3cc[nH]c23)c1. The summed E-state index contributed by atoms with van der Waals surface area (Å²) in [5, 5.41) is 4.03. The van der Waals surface area contributed by atoms with E-state index in [1.165, 1.54) is 0 Å². The second-order valence-corrected chi connectivity index (χ2v) is 4.57. The van der Waals surface area contributed by atoms with Gasteiger partial charge in [-0.2, -0.15) is 0 Å². The summed E-state index contributed by atoms with van der Waals surface area (Å²) in [5.41, 5.74) is 3.49. The Labute approximate surface area is 111 Å². The van der Waals surface area contributed by atoms with E-state index in [0.717, 1.165) is 22.2 Å². The molecule has 2 aromatic carbocycles. The van der Waals surface area contributed by atoms with Gasteiger partial charge in [-0.05, 0) is 31.2 Å². The first kappa shape index (κ1) is 11.5. The molecule has 3 nitrogen and oxygen atoms in total. The topological polar surface area (TPSA) is 44.9 Å². The van der Waals surface area contributed by atoms with Gasteiger partial charge in [-0.15, -0.1) is 0 Å². The average Bonchev–Trinajstić information content (AvgIpc) is 2.88. The molecule has 0 spiro atoms. The summed E-state index contributed by atoms with van der Waals surface area (Å²) >= 11 is 0. The van der Waals surface area contributed by atoms with Gasteiger partial charge in [0.2, 0.25) is 0 Å². The van der Waals surface area contributed by atoms with Crippen LogP contribution in [0.5, 0.6) is 0 Å². The highest BCUT2D eigenvalue weighted by Crippen LogP contribution is 2.22. The fraction of sp³-hybridized carbons (Fsp3) is 0.0625. The quantitative estimate of drug-likeness (QED) is 0.715. The first-order valence-corrected chi connectivity index (χ1v) is 6.18. The number of amides is 1. The zero-order valence-electron chi connectivity index (χ0n) is 10.6. The number of rotatable bonds is 2. The number of nitrogens with one attached hydrogen (secondary N) is 2. The zero-order chi connectivity index (χ0) is 13.2. The normalized spacial score (nSPS) is 10.6. The Morgan fingerprint density at radius 2 is 1.95 bits per heavy atom. The number of benzene rings is 2. The maximum Gasteiger partial charge on any atom is 0.255 e. The molecular formula is C16H14N2O. The largest absolute Gasteiger partial charge is 0.359 e. The molecule has 3 rings (SSSR count). The maximum absolute atomic E-state index is 12.2. The third-order valence-corrected chi connectivity index (χ3v) is 3.12. The molecule has 1 amide bonds. The molecule has 1 aromatic heterocycles. The number of H-pyrrole nitrogens is 1. The molecule has 0 bridgehead atoms. The third kappa shape index (κ3) is 2.22. The minimum Gasteiger partial charge on any atom is -0.359 e. The van der Waals surface area contributed by atoms with Crippen LogP contribution in [0, 0.1) is 6.92 Å². The number of aryl methyl sites for hydroxylation is 1. The van der Waals surface area contributed by atoms with E-state index in [0.29, 0.717) is 5.56 Å².